The second kappa shape index (κ2) is 8.34. The molecular weight excluding hydrogens is 387 g/mol. The lowest BCUT2D eigenvalue weighted by atomic mass is 9.89. The predicted molar refractivity (Wildman–Crippen MR) is 116 cm³/mol. The number of nitrogens with zero attached hydrogens (tertiary/aromatic N) is 2. The lowest BCUT2D eigenvalue weighted by molar-refractivity contribution is -0.137. The first-order chi connectivity index (χ1) is 14.3. The van der Waals surface area contributed by atoms with Gasteiger partial charge < -0.3 is 10.6 Å². The van der Waals surface area contributed by atoms with E-state index in [-0.39, 0.29) is 0 Å². The molecule has 2 heterocycles. The zero-order chi connectivity index (χ0) is 21.3. The van der Waals surface area contributed by atoms with Gasteiger partial charge >= 0.3 is 6.18 Å². The Morgan fingerprint density at radius 1 is 1.03 bits per heavy atom. The van der Waals surface area contributed by atoms with Crippen LogP contribution in [0.15, 0.2) is 54.7 Å². The lowest BCUT2D eigenvalue weighted by Crippen LogP contribution is -2.39. The van der Waals surface area contributed by atoms with Gasteiger partial charge in [0, 0.05) is 18.8 Å². The highest BCUT2D eigenvalue weighted by molar-refractivity contribution is 5.74. The van der Waals surface area contributed by atoms with Crippen LogP contribution in [0.4, 0.5) is 24.5 Å². The van der Waals surface area contributed by atoms with Crippen molar-refractivity contribution in [3.8, 4) is 0 Å². The highest BCUT2D eigenvalue weighted by atomic mass is 19.4. The molecule has 6 heteroatoms. The van der Waals surface area contributed by atoms with Gasteiger partial charge in [0.25, 0.3) is 0 Å². The first-order valence-electron chi connectivity index (χ1n) is 10.5. The number of likely N-dealkylation sites (tertiary alicyclic amines) is 1. The fraction of sp³-hybridized carbons (Fsp3) is 0.417. The van der Waals surface area contributed by atoms with Crippen molar-refractivity contribution < 1.29 is 13.2 Å². The van der Waals surface area contributed by atoms with E-state index >= 15 is 0 Å². The quantitative estimate of drug-likeness (QED) is 0.676. The van der Waals surface area contributed by atoms with Crippen LogP contribution in [0.3, 0.4) is 0 Å². The molecule has 0 saturated carbocycles. The van der Waals surface area contributed by atoms with Gasteiger partial charge in [-0.05, 0) is 74.0 Å². The van der Waals surface area contributed by atoms with Crippen LogP contribution < -0.4 is 10.6 Å². The van der Waals surface area contributed by atoms with Crippen molar-refractivity contribution in [2.45, 2.75) is 37.8 Å². The molecule has 1 fully saturated rings. The maximum absolute atomic E-state index is 12.8. The summed E-state index contributed by atoms with van der Waals surface area (Å²) in [4.78, 5) is 4.65. The number of hydrogen-bond acceptors (Lipinski definition) is 3. The molecule has 0 unspecified atom stereocenters. The van der Waals surface area contributed by atoms with E-state index in [1.807, 2.05) is 12.1 Å². The molecule has 30 heavy (non-hydrogen) atoms. The number of aryl methyl sites for hydroxylation is 1. The molecule has 2 aromatic rings. The average molecular weight is 416 g/mol. The Morgan fingerprint density at radius 3 is 2.40 bits per heavy atom. The number of benzene rings is 2. The van der Waals surface area contributed by atoms with Crippen molar-refractivity contribution in [1.29, 1.82) is 0 Å². The van der Waals surface area contributed by atoms with E-state index in [2.05, 4.69) is 22.4 Å². The van der Waals surface area contributed by atoms with Crippen molar-refractivity contribution in [1.82, 2.24) is 4.90 Å². The molecule has 0 aliphatic carbocycles. The van der Waals surface area contributed by atoms with Gasteiger partial charge in [-0.15, -0.1) is 0 Å². The molecule has 0 amide bonds. The minimum absolute atomic E-state index is 0.308. The smallest absolute Gasteiger partial charge is 0.397 e. The SMILES string of the molecule is C=C(CN1CCC(c2ccc(C(F)(F)F)cc2)CC1)N1CCCc2cccc(N)c21. The predicted octanol–water partition coefficient (Wildman–Crippen LogP) is 5.43. The highest BCUT2D eigenvalue weighted by Crippen LogP contribution is 2.36. The van der Waals surface area contributed by atoms with Crippen LogP contribution in [-0.4, -0.2) is 31.1 Å². The molecule has 2 N–H and O–H groups in total. The summed E-state index contributed by atoms with van der Waals surface area (Å²) >= 11 is 0. The number of anilines is 2. The summed E-state index contributed by atoms with van der Waals surface area (Å²) in [6.07, 6.45) is -0.262. The molecule has 3 nitrogen and oxygen atoms in total. The summed E-state index contributed by atoms with van der Waals surface area (Å²) in [6.45, 7) is 7.89. The summed E-state index contributed by atoms with van der Waals surface area (Å²) in [6, 6.07) is 11.8. The Morgan fingerprint density at radius 2 is 1.73 bits per heavy atom. The van der Waals surface area contributed by atoms with Gasteiger partial charge in [0.1, 0.15) is 0 Å². The second-order valence-corrected chi connectivity index (χ2v) is 8.35. The first-order valence-corrected chi connectivity index (χ1v) is 10.5. The van der Waals surface area contributed by atoms with E-state index in [1.54, 1.807) is 12.1 Å². The number of piperidine rings is 1. The number of rotatable bonds is 4. The van der Waals surface area contributed by atoms with E-state index in [0.29, 0.717) is 5.92 Å². The first kappa shape index (κ1) is 20.8. The van der Waals surface area contributed by atoms with Gasteiger partial charge in [0.2, 0.25) is 0 Å². The normalized spacial score (nSPS) is 18.3. The number of hydrogen-bond donors (Lipinski definition) is 1. The van der Waals surface area contributed by atoms with E-state index in [0.717, 1.165) is 74.5 Å². The van der Waals surface area contributed by atoms with Crippen LogP contribution >= 0.6 is 0 Å². The van der Waals surface area contributed by atoms with Gasteiger partial charge in [-0.3, -0.25) is 4.90 Å². The van der Waals surface area contributed by atoms with Crippen LogP contribution in [0.5, 0.6) is 0 Å². The molecule has 4 rings (SSSR count). The van der Waals surface area contributed by atoms with Crippen molar-refractivity contribution >= 4 is 11.4 Å². The molecular formula is C24H28F3N3. The van der Waals surface area contributed by atoms with Gasteiger partial charge in [-0.25, -0.2) is 0 Å². The van der Waals surface area contributed by atoms with E-state index < -0.39 is 11.7 Å². The summed E-state index contributed by atoms with van der Waals surface area (Å²) in [5.74, 6) is 0.308. The van der Waals surface area contributed by atoms with Gasteiger partial charge in [-0.1, -0.05) is 30.8 Å². The van der Waals surface area contributed by atoms with Gasteiger partial charge in [0.15, 0.2) is 0 Å². The van der Waals surface area contributed by atoms with Gasteiger partial charge in [0.05, 0.1) is 16.9 Å². The average Bonchev–Trinajstić information content (AvgIpc) is 2.73. The largest absolute Gasteiger partial charge is 0.416 e. The van der Waals surface area contributed by atoms with Crippen LogP contribution in [0.1, 0.15) is 41.9 Å². The molecule has 0 radical (unpaired) electrons. The molecule has 160 valence electrons. The van der Waals surface area contributed by atoms with Crippen LogP contribution in [0, 0.1) is 0 Å². The van der Waals surface area contributed by atoms with Crippen molar-refractivity contribution in [2.75, 3.05) is 36.8 Å². The Labute approximate surface area is 176 Å². The Balaban J connectivity index is 1.35. The van der Waals surface area contributed by atoms with Crippen LogP contribution in [0.25, 0.3) is 0 Å². The van der Waals surface area contributed by atoms with E-state index in [9.17, 15) is 13.2 Å². The molecule has 2 aliphatic heterocycles. The number of nitrogen functional groups attached to an aromatic ring is 1. The highest BCUT2D eigenvalue weighted by Gasteiger charge is 2.31. The number of alkyl halides is 3. The third-order valence-corrected chi connectivity index (χ3v) is 6.33. The molecule has 0 bridgehead atoms. The second-order valence-electron chi connectivity index (χ2n) is 8.35. The third kappa shape index (κ3) is 4.33. The molecule has 0 spiro atoms. The lowest BCUT2D eigenvalue weighted by Gasteiger charge is -2.38. The minimum atomic E-state index is -4.28. The van der Waals surface area contributed by atoms with Crippen molar-refractivity contribution in [2.24, 2.45) is 0 Å². The van der Waals surface area contributed by atoms with Crippen LogP contribution in [0.2, 0.25) is 0 Å². The molecule has 0 atom stereocenters. The number of fused-ring (bicyclic) bond motifs is 1. The monoisotopic (exact) mass is 415 g/mol. The zero-order valence-electron chi connectivity index (χ0n) is 17.1. The Kier molecular flexibility index (Phi) is 5.78. The number of para-hydroxylation sites is 1. The van der Waals surface area contributed by atoms with Crippen molar-refractivity contribution in [3.05, 3.63) is 71.4 Å². The standard InChI is InChI=1S/C24H28F3N3/c1-17(30-13-3-5-20-4-2-6-22(28)23(20)30)16-29-14-11-19(12-15-29)18-7-9-21(10-8-18)24(25,26)27/h2,4,6-10,19H,1,3,5,11-16,28H2. The maximum atomic E-state index is 12.8. The summed E-state index contributed by atoms with van der Waals surface area (Å²) in [5.41, 5.74) is 10.9. The number of halogens is 3. The topological polar surface area (TPSA) is 32.5 Å². The summed E-state index contributed by atoms with van der Waals surface area (Å²) in [7, 11) is 0. The summed E-state index contributed by atoms with van der Waals surface area (Å²) in [5, 5.41) is 0. The Bertz CT molecular complexity index is 897. The van der Waals surface area contributed by atoms with E-state index in [4.69, 9.17) is 5.73 Å². The maximum Gasteiger partial charge on any atom is 0.416 e. The summed E-state index contributed by atoms with van der Waals surface area (Å²) < 4.78 is 38.3. The van der Waals surface area contributed by atoms with Crippen molar-refractivity contribution in [3.63, 3.8) is 0 Å². The Hall–Kier alpha value is -2.47. The third-order valence-electron chi connectivity index (χ3n) is 6.33. The molecule has 1 saturated heterocycles. The fourth-order valence-corrected chi connectivity index (χ4v) is 4.71. The molecule has 2 aliphatic rings. The van der Waals surface area contributed by atoms with Gasteiger partial charge in [-0.2, -0.15) is 13.2 Å². The minimum Gasteiger partial charge on any atom is -0.397 e. The number of nitrogens with two attached hydrogens (primary N) is 1. The van der Waals surface area contributed by atoms with Crippen LogP contribution in [-0.2, 0) is 12.6 Å². The fourth-order valence-electron chi connectivity index (χ4n) is 4.71. The molecule has 0 aromatic heterocycles. The van der Waals surface area contributed by atoms with E-state index in [1.165, 1.54) is 17.7 Å². The zero-order valence-corrected chi connectivity index (χ0v) is 17.1. The molecule has 2 aromatic carbocycles.